The lowest BCUT2D eigenvalue weighted by Crippen LogP contribution is -1.89. The van der Waals surface area contributed by atoms with E-state index in [4.69, 9.17) is 4.42 Å². The van der Waals surface area contributed by atoms with Crippen molar-refractivity contribution in [3.63, 3.8) is 0 Å². The molecule has 0 spiro atoms. The number of hydrogen-bond donors (Lipinski definition) is 1. The van der Waals surface area contributed by atoms with E-state index in [0.717, 1.165) is 17.5 Å². The van der Waals surface area contributed by atoms with Gasteiger partial charge in [-0.25, -0.2) is 13.8 Å². The van der Waals surface area contributed by atoms with Gasteiger partial charge in [0.25, 0.3) is 5.89 Å². The first-order valence-corrected chi connectivity index (χ1v) is 6.44. The Morgan fingerprint density at radius 2 is 1.73 bits per heavy atom. The van der Waals surface area contributed by atoms with E-state index in [9.17, 15) is 8.78 Å². The molecule has 3 aromatic heterocycles. The third kappa shape index (κ3) is 1.86. The van der Waals surface area contributed by atoms with E-state index in [2.05, 4.69) is 20.2 Å². The number of benzene rings is 1. The number of fused-ring (bicyclic) bond motifs is 1. The molecule has 0 unspecified atom stereocenters. The van der Waals surface area contributed by atoms with Crippen LogP contribution in [0.2, 0.25) is 0 Å². The Morgan fingerprint density at radius 1 is 0.955 bits per heavy atom. The fraction of sp³-hybridized carbons (Fsp3) is 0. The van der Waals surface area contributed by atoms with E-state index < -0.39 is 11.6 Å². The average Bonchev–Trinajstić information content (AvgIpc) is 3.15. The predicted octanol–water partition coefficient (Wildman–Crippen LogP) is 3.56. The summed E-state index contributed by atoms with van der Waals surface area (Å²) >= 11 is 0. The second-order valence-corrected chi connectivity index (χ2v) is 4.61. The van der Waals surface area contributed by atoms with Gasteiger partial charge in [-0.15, -0.1) is 10.2 Å². The van der Waals surface area contributed by atoms with Gasteiger partial charge in [-0.1, -0.05) is 6.07 Å². The quantitative estimate of drug-likeness (QED) is 0.614. The summed E-state index contributed by atoms with van der Waals surface area (Å²) in [6.07, 6.45) is 3.32. The molecule has 4 aromatic rings. The van der Waals surface area contributed by atoms with Crippen LogP contribution >= 0.6 is 0 Å². The van der Waals surface area contributed by atoms with Crippen molar-refractivity contribution in [3.8, 4) is 22.9 Å². The van der Waals surface area contributed by atoms with Crippen LogP contribution in [0.4, 0.5) is 8.78 Å². The predicted molar refractivity (Wildman–Crippen MR) is 74.7 cm³/mol. The van der Waals surface area contributed by atoms with Crippen molar-refractivity contribution in [2.75, 3.05) is 0 Å². The molecule has 7 heteroatoms. The summed E-state index contributed by atoms with van der Waals surface area (Å²) in [7, 11) is 0. The summed E-state index contributed by atoms with van der Waals surface area (Å²) in [5.41, 5.74) is 0.969. The number of aromatic nitrogens is 4. The van der Waals surface area contributed by atoms with Crippen molar-refractivity contribution in [1.82, 2.24) is 20.2 Å². The molecular formula is C15H8F2N4O. The molecule has 22 heavy (non-hydrogen) atoms. The number of hydrogen-bond acceptors (Lipinski definition) is 4. The minimum absolute atomic E-state index is 0.171. The number of pyridine rings is 1. The molecule has 5 nitrogen and oxygen atoms in total. The standard InChI is InChI=1S/C15H8F2N4O/c16-10-2-1-3-11(17)12(10)15-21-20-14(22-15)9-5-7-19-13-8(9)4-6-18-13/h1-7H,(H,18,19). The number of H-pyrrole nitrogens is 1. The average molecular weight is 298 g/mol. The third-order valence-corrected chi connectivity index (χ3v) is 3.29. The molecule has 0 atom stereocenters. The maximum Gasteiger partial charge on any atom is 0.254 e. The summed E-state index contributed by atoms with van der Waals surface area (Å²) < 4.78 is 33.0. The van der Waals surface area contributed by atoms with Gasteiger partial charge in [0.2, 0.25) is 5.89 Å². The molecule has 0 amide bonds. The summed E-state index contributed by atoms with van der Waals surface area (Å²) in [4.78, 5) is 7.12. The Labute approximate surface area is 122 Å². The molecule has 3 heterocycles. The van der Waals surface area contributed by atoms with Gasteiger partial charge in [0.15, 0.2) is 0 Å². The lowest BCUT2D eigenvalue weighted by atomic mass is 10.2. The van der Waals surface area contributed by atoms with Crippen molar-refractivity contribution in [1.29, 1.82) is 0 Å². The molecule has 1 aromatic carbocycles. The fourth-order valence-electron chi connectivity index (χ4n) is 2.28. The Kier molecular flexibility index (Phi) is 2.72. The number of nitrogens with zero attached hydrogens (tertiary/aromatic N) is 3. The molecule has 0 aliphatic carbocycles. The molecule has 0 bridgehead atoms. The van der Waals surface area contributed by atoms with Crippen molar-refractivity contribution >= 4 is 11.0 Å². The first-order valence-electron chi connectivity index (χ1n) is 6.44. The zero-order chi connectivity index (χ0) is 15.1. The third-order valence-electron chi connectivity index (χ3n) is 3.29. The Balaban J connectivity index is 1.87. The summed E-state index contributed by atoms with van der Waals surface area (Å²) in [6, 6.07) is 7.06. The first kappa shape index (κ1) is 12.6. The highest BCUT2D eigenvalue weighted by Gasteiger charge is 2.19. The monoisotopic (exact) mass is 298 g/mol. The van der Waals surface area contributed by atoms with E-state index in [0.29, 0.717) is 11.2 Å². The Hall–Kier alpha value is -3.09. The van der Waals surface area contributed by atoms with E-state index in [1.54, 1.807) is 18.5 Å². The second-order valence-electron chi connectivity index (χ2n) is 4.61. The van der Waals surface area contributed by atoms with E-state index >= 15 is 0 Å². The lowest BCUT2D eigenvalue weighted by Gasteiger charge is -1.99. The molecule has 4 rings (SSSR count). The van der Waals surface area contributed by atoms with Gasteiger partial charge < -0.3 is 9.40 Å². The zero-order valence-electron chi connectivity index (χ0n) is 11.0. The molecule has 0 aliphatic heterocycles. The van der Waals surface area contributed by atoms with E-state index in [-0.39, 0.29) is 17.3 Å². The maximum absolute atomic E-state index is 13.8. The van der Waals surface area contributed by atoms with Gasteiger partial charge in [0.05, 0.1) is 5.56 Å². The van der Waals surface area contributed by atoms with Crippen molar-refractivity contribution < 1.29 is 13.2 Å². The van der Waals surface area contributed by atoms with Gasteiger partial charge in [0.1, 0.15) is 22.8 Å². The van der Waals surface area contributed by atoms with Gasteiger partial charge in [-0.3, -0.25) is 0 Å². The minimum Gasteiger partial charge on any atom is -0.416 e. The van der Waals surface area contributed by atoms with Gasteiger partial charge >= 0.3 is 0 Å². The molecule has 108 valence electrons. The van der Waals surface area contributed by atoms with Gasteiger partial charge in [-0.2, -0.15) is 0 Å². The van der Waals surface area contributed by atoms with Crippen molar-refractivity contribution in [3.05, 3.63) is 54.4 Å². The van der Waals surface area contributed by atoms with Crippen LogP contribution < -0.4 is 0 Å². The van der Waals surface area contributed by atoms with Crippen LogP contribution in [0.15, 0.2) is 47.1 Å². The smallest absolute Gasteiger partial charge is 0.254 e. The fourth-order valence-corrected chi connectivity index (χ4v) is 2.28. The molecule has 0 saturated carbocycles. The van der Waals surface area contributed by atoms with Gasteiger partial charge in [-0.05, 0) is 24.3 Å². The van der Waals surface area contributed by atoms with Crippen LogP contribution in [0.25, 0.3) is 33.9 Å². The highest BCUT2D eigenvalue weighted by atomic mass is 19.1. The topological polar surface area (TPSA) is 67.6 Å². The number of nitrogens with one attached hydrogen (secondary N) is 1. The summed E-state index contributed by atoms with van der Waals surface area (Å²) in [6.45, 7) is 0. The normalized spacial score (nSPS) is 11.2. The first-order chi connectivity index (χ1) is 10.7. The molecule has 0 fully saturated rings. The SMILES string of the molecule is Fc1cccc(F)c1-c1nnc(-c2ccnc3[nH]ccc23)o1. The van der Waals surface area contributed by atoms with Crippen molar-refractivity contribution in [2.24, 2.45) is 0 Å². The highest BCUT2D eigenvalue weighted by molar-refractivity contribution is 5.90. The molecule has 0 radical (unpaired) electrons. The molecule has 1 N–H and O–H groups in total. The summed E-state index contributed by atoms with van der Waals surface area (Å²) in [5, 5.41) is 8.42. The zero-order valence-corrected chi connectivity index (χ0v) is 11.0. The van der Waals surface area contributed by atoms with Crippen LogP contribution in [0.1, 0.15) is 0 Å². The second kappa shape index (κ2) is 4.73. The maximum atomic E-state index is 13.8. The number of halogens is 2. The van der Waals surface area contributed by atoms with Crippen LogP contribution in [0.5, 0.6) is 0 Å². The molecule has 0 aliphatic rings. The highest BCUT2D eigenvalue weighted by Crippen LogP contribution is 2.30. The lowest BCUT2D eigenvalue weighted by molar-refractivity contribution is 0.548. The van der Waals surface area contributed by atoms with E-state index in [1.807, 2.05) is 6.07 Å². The van der Waals surface area contributed by atoms with Crippen LogP contribution in [-0.4, -0.2) is 20.2 Å². The Bertz CT molecular complexity index is 956. The van der Waals surface area contributed by atoms with Gasteiger partial charge in [0, 0.05) is 17.8 Å². The van der Waals surface area contributed by atoms with Crippen molar-refractivity contribution in [2.45, 2.75) is 0 Å². The largest absolute Gasteiger partial charge is 0.416 e. The minimum atomic E-state index is -0.753. The van der Waals surface area contributed by atoms with Crippen LogP contribution in [0, 0.1) is 11.6 Å². The van der Waals surface area contributed by atoms with Crippen LogP contribution in [0.3, 0.4) is 0 Å². The number of rotatable bonds is 2. The molecular weight excluding hydrogens is 290 g/mol. The summed E-state index contributed by atoms with van der Waals surface area (Å²) in [5.74, 6) is -1.54. The van der Waals surface area contributed by atoms with Crippen LogP contribution in [-0.2, 0) is 0 Å². The van der Waals surface area contributed by atoms with E-state index in [1.165, 1.54) is 6.07 Å². The molecule has 0 saturated heterocycles. The number of aromatic amines is 1. The Morgan fingerprint density at radius 3 is 2.55 bits per heavy atom.